The quantitative estimate of drug-likeness (QED) is 0.792. The molecule has 0 aliphatic carbocycles. The largest absolute Gasteiger partial charge is 0.399 e. The van der Waals surface area contributed by atoms with Crippen molar-refractivity contribution < 1.29 is 4.79 Å². The molecule has 0 aliphatic heterocycles. The van der Waals surface area contributed by atoms with Crippen LogP contribution in [0.2, 0.25) is 5.02 Å². The lowest BCUT2D eigenvalue weighted by Crippen LogP contribution is -2.37. The zero-order valence-electron chi connectivity index (χ0n) is 13.4. The van der Waals surface area contributed by atoms with Crippen molar-refractivity contribution in [2.75, 3.05) is 17.6 Å². The van der Waals surface area contributed by atoms with E-state index in [0.29, 0.717) is 16.4 Å². The molecule has 2 rings (SSSR count). The molecule has 1 amide bonds. The number of nitrogens with two attached hydrogens (primary N) is 1. The van der Waals surface area contributed by atoms with Gasteiger partial charge in [-0.2, -0.15) is 0 Å². The van der Waals surface area contributed by atoms with Gasteiger partial charge in [0, 0.05) is 18.3 Å². The van der Waals surface area contributed by atoms with E-state index < -0.39 is 0 Å². The second kappa shape index (κ2) is 7.99. The molecule has 0 spiro atoms. The van der Waals surface area contributed by atoms with Crippen molar-refractivity contribution in [2.45, 2.75) is 26.4 Å². The molecular weight excluding hydrogens is 310 g/mol. The number of halogens is 1. The summed E-state index contributed by atoms with van der Waals surface area (Å²) in [6, 6.07) is 15.4. The number of nitrogens with one attached hydrogen (secondary N) is 1. The van der Waals surface area contributed by atoms with Crippen LogP contribution in [0.3, 0.4) is 0 Å². The van der Waals surface area contributed by atoms with Crippen LogP contribution in [-0.2, 0) is 11.3 Å². The number of nitrogen functional groups attached to an aromatic ring is 1. The van der Waals surface area contributed by atoms with Gasteiger partial charge in [0.2, 0.25) is 5.91 Å². The van der Waals surface area contributed by atoms with Gasteiger partial charge in [-0.3, -0.25) is 9.69 Å². The van der Waals surface area contributed by atoms with Crippen molar-refractivity contribution in [3.8, 4) is 0 Å². The van der Waals surface area contributed by atoms with Crippen molar-refractivity contribution in [3.05, 3.63) is 59.1 Å². The maximum absolute atomic E-state index is 12.3. The summed E-state index contributed by atoms with van der Waals surface area (Å²) < 4.78 is 0. The average Bonchev–Trinajstić information content (AvgIpc) is 2.51. The summed E-state index contributed by atoms with van der Waals surface area (Å²) >= 11 is 6.09. The van der Waals surface area contributed by atoms with Gasteiger partial charge < -0.3 is 11.1 Å². The Kier molecular flexibility index (Phi) is 6.02. The minimum atomic E-state index is -0.109. The van der Waals surface area contributed by atoms with E-state index in [1.54, 1.807) is 18.2 Å². The van der Waals surface area contributed by atoms with Gasteiger partial charge in [0.15, 0.2) is 0 Å². The molecule has 2 aromatic rings. The number of hydrogen-bond acceptors (Lipinski definition) is 3. The Morgan fingerprint density at radius 3 is 2.57 bits per heavy atom. The first-order chi connectivity index (χ1) is 11.0. The van der Waals surface area contributed by atoms with E-state index in [1.807, 2.05) is 18.2 Å². The topological polar surface area (TPSA) is 58.4 Å². The maximum Gasteiger partial charge on any atom is 0.238 e. The zero-order valence-corrected chi connectivity index (χ0v) is 14.2. The lowest BCUT2D eigenvalue weighted by Gasteiger charge is -2.26. The van der Waals surface area contributed by atoms with E-state index in [4.69, 9.17) is 17.3 Å². The standard InChI is InChI=1S/C18H22ClN3O/c1-13(2)22(11-14-6-4-3-5-7-14)12-18(23)21-17-10-15(20)8-9-16(17)19/h3-10,13H,11-12,20H2,1-2H3,(H,21,23). The lowest BCUT2D eigenvalue weighted by atomic mass is 10.2. The minimum absolute atomic E-state index is 0.109. The first kappa shape index (κ1) is 17.3. The number of benzene rings is 2. The molecular formula is C18H22ClN3O. The third-order valence-electron chi connectivity index (χ3n) is 3.57. The minimum Gasteiger partial charge on any atom is -0.399 e. The van der Waals surface area contributed by atoms with Gasteiger partial charge in [-0.15, -0.1) is 0 Å². The molecule has 5 heteroatoms. The Hall–Kier alpha value is -2.04. The third kappa shape index (κ3) is 5.27. The Morgan fingerprint density at radius 2 is 1.91 bits per heavy atom. The van der Waals surface area contributed by atoms with E-state index in [2.05, 4.69) is 36.2 Å². The number of carbonyl (C=O) groups excluding carboxylic acids is 1. The van der Waals surface area contributed by atoms with Crippen LogP contribution >= 0.6 is 11.6 Å². The zero-order chi connectivity index (χ0) is 16.8. The molecule has 0 heterocycles. The highest BCUT2D eigenvalue weighted by Crippen LogP contribution is 2.24. The maximum atomic E-state index is 12.3. The fourth-order valence-electron chi connectivity index (χ4n) is 2.25. The van der Waals surface area contributed by atoms with Crippen molar-refractivity contribution >= 4 is 28.9 Å². The Bertz CT molecular complexity index is 659. The van der Waals surface area contributed by atoms with Gasteiger partial charge >= 0.3 is 0 Å². The van der Waals surface area contributed by atoms with Crippen LogP contribution < -0.4 is 11.1 Å². The fraction of sp³-hybridized carbons (Fsp3) is 0.278. The Labute approximate surface area is 142 Å². The third-order valence-corrected chi connectivity index (χ3v) is 3.90. The van der Waals surface area contributed by atoms with E-state index in [-0.39, 0.29) is 18.5 Å². The molecule has 2 aromatic carbocycles. The van der Waals surface area contributed by atoms with Gasteiger partial charge in [0.1, 0.15) is 0 Å². The second-order valence-corrected chi connectivity index (χ2v) is 6.18. The molecule has 0 aliphatic rings. The van der Waals surface area contributed by atoms with Crippen LogP contribution in [0, 0.1) is 0 Å². The molecule has 0 radical (unpaired) electrons. The molecule has 0 unspecified atom stereocenters. The van der Waals surface area contributed by atoms with Crippen LogP contribution in [0.5, 0.6) is 0 Å². The predicted molar refractivity (Wildman–Crippen MR) is 96.5 cm³/mol. The van der Waals surface area contributed by atoms with Crippen molar-refractivity contribution in [1.82, 2.24) is 4.90 Å². The van der Waals surface area contributed by atoms with E-state index >= 15 is 0 Å². The summed E-state index contributed by atoms with van der Waals surface area (Å²) in [4.78, 5) is 14.4. The molecule has 4 nitrogen and oxygen atoms in total. The van der Waals surface area contributed by atoms with Gasteiger partial charge in [-0.1, -0.05) is 41.9 Å². The number of anilines is 2. The molecule has 0 atom stereocenters. The van der Waals surface area contributed by atoms with Gasteiger partial charge in [-0.25, -0.2) is 0 Å². The summed E-state index contributed by atoms with van der Waals surface area (Å²) in [6.07, 6.45) is 0. The highest BCUT2D eigenvalue weighted by Gasteiger charge is 2.15. The van der Waals surface area contributed by atoms with Crippen LogP contribution in [0.25, 0.3) is 0 Å². The molecule has 0 saturated heterocycles. The smallest absolute Gasteiger partial charge is 0.238 e. The number of nitrogens with zero attached hydrogens (tertiary/aromatic N) is 1. The Morgan fingerprint density at radius 1 is 1.22 bits per heavy atom. The van der Waals surface area contributed by atoms with Gasteiger partial charge in [-0.05, 0) is 37.6 Å². The number of carbonyl (C=O) groups is 1. The predicted octanol–water partition coefficient (Wildman–Crippen LogP) is 3.77. The number of amides is 1. The van der Waals surface area contributed by atoms with Crippen LogP contribution in [0.15, 0.2) is 48.5 Å². The first-order valence-electron chi connectivity index (χ1n) is 7.58. The number of hydrogen-bond donors (Lipinski definition) is 2. The van der Waals surface area contributed by atoms with E-state index in [1.165, 1.54) is 5.56 Å². The number of rotatable bonds is 6. The van der Waals surface area contributed by atoms with Crippen molar-refractivity contribution in [2.24, 2.45) is 0 Å². The summed E-state index contributed by atoms with van der Waals surface area (Å²) in [5, 5.41) is 3.31. The van der Waals surface area contributed by atoms with E-state index in [9.17, 15) is 4.79 Å². The van der Waals surface area contributed by atoms with Gasteiger partial charge in [0.05, 0.1) is 17.3 Å². The van der Waals surface area contributed by atoms with Crippen LogP contribution in [-0.4, -0.2) is 23.4 Å². The summed E-state index contributed by atoms with van der Waals surface area (Å²) in [6.45, 7) is 5.15. The van der Waals surface area contributed by atoms with Gasteiger partial charge in [0.25, 0.3) is 0 Å². The molecule has 0 fully saturated rings. The van der Waals surface area contributed by atoms with Crippen molar-refractivity contribution in [1.29, 1.82) is 0 Å². The van der Waals surface area contributed by atoms with Crippen molar-refractivity contribution in [3.63, 3.8) is 0 Å². The fourth-order valence-corrected chi connectivity index (χ4v) is 2.42. The second-order valence-electron chi connectivity index (χ2n) is 5.77. The first-order valence-corrected chi connectivity index (χ1v) is 7.96. The van der Waals surface area contributed by atoms with E-state index in [0.717, 1.165) is 6.54 Å². The molecule has 0 bridgehead atoms. The lowest BCUT2D eigenvalue weighted by molar-refractivity contribution is -0.117. The molecule has 0 aromatic heterocycles. The summed E-state index contributed by atoms with van der Waals surface area (Å²) in [7, 11) is 0. The molecule has 3 N–H and O–H groups in total. The van der Waals surface area contributed by atoms with Crippen LogP contribution in [0.1, 0.15) is 19.4 Å². The van der Waals surface area contributed by atoms with Crippen LogP contribution in [0.4, 0.5) is 11.4 Å². The SMILES string of the molecule is CC(C)N(CC(=O)Nc1cc(N)ccc1Cl)Cc1ccccc1. The highest BCUT2D eigenvalue weighted by atomic mass is 35.5. The molecule has 122 valence electrons. The highest BCUT2D eigenvalue weighted by molar-refractivity contribution is 6.33. The summed E-state index contributed by atoms with van der Waals surface area (Å²) in [5.41, 5.74) is 8.02. The normalized spacial score (nSPS) is 11.0. The monoisotopic (exact) mass is 331 g/mol. The summed E-state index contributed by atoms with van der Waals surface area (Å²) in [5.74, 6) is -0.109. The Balaban J connectivity index is 2.02. The molecule has 0 saturated carbocycles. The molecule has 23 heavy (non-hydrogen) atoms. The average molecular weight is 332 g/mol.